The Kier molecular flexibility index (Phi) is 5.80. The Morgan fingerprint density at radius 3 is 2.29 bits per heavy atom. The first-order valence-corrected chi connectivity index (χ1v) is 5.87. The molecule has 0 aromatic rings. The zero-order chi connectivity index (χ0) is 13.6. The lowest BCUT2D eigenvalue weighted by atomic mass is 10.2. The summed E-state index contributed by atoms with van der Waals surface area (Å²) in [6.45, 7) is 0.848. The number of phosphoric acid groups is 1. The van der Waals surface area contributed by atoms with E-state index in [1.165, 1.54) is 0 Å². The fourth-order valence-corrected chi connectivity index (χ4v) is 1.48. The Morgan fingerprint density at radius 1 is 1.35 bits per heavy atom. The number of carbonyl (C=O) groups excluding carboxylic acids is 2. The van der Waals surface area contributed by atoms with Crippen LogP contribution in [0.4, 0.5) is 0 Å². The van der Waals surface area contributed by atoms with Crippen LogP contribution in [0.3, 0.4) is 0 Å². The van der Waals surface area contributed by atoms with Gasteiger partial charge < -0.3 is 19.9 Å². The summed E-state index contributed by atoms with van der Waals surface area (Å²) in [5.41, 5.74) is 5.19. The molecule has 0 aliphatic heterocycles. The van der Waals surface area contributed by atoms with Crippen molar-refractivity contribution in [1.29, 1.82) is 0 Å². The molecule has 0 bridgehead atoms. The summed E-state index contributed by atoms with van der Waals surface area (Å²) >= 11 is 0. The molecule has 0 saturated carbocycles. The average Bonchev–Trinajstić information content (AvgIpc) is 2.10. The van der Waals surface area contributed by atoms with Crippen LogP contribution in [-0.4, -0.2) is 33.9 Å². The lowest BCUT2D eigenvalue weighted by Crippen LogP contribution is -2.32. The van der Waals surface area contributed by atoms with Gasteiger partial charge in [-0.25, -0.2) is 9.36 Å². The number of aliphatic carboxylic acids is 1. The van der Waals surface area contributed by atoms with Gasteiger partial charge in [-0.2, -0.15) is 0 Å². The van der Waals surface area contributed by atoms with Gasteiger partial charge >= 0.3 is 25.7 Å². The molecule has 0 spiro atoms. The minimum absolute atomic E-state index is 0.270. The van der Waals surface area contributed by atoms with Gasteiger partial charge in [-0.05, 0) is 6.42 Å². The van der Waals surface area contributed by atoms with Gasteiger partial charge in [0.05, 0.1) is 0 Å². The molecule has 17 heavy (non-hydrogen) atoms. The van der Waals surface area contributed by atoms with Crippen LogP contribution in [0.25, 0.3) is 0 Å². The fourth-order valence-electron chi connectivity index (χ4n) is 0.759. The van der Waals surface area contributed by atoms with Crippen molar-refractivity contribution in [2.24, 2.45) is 5.73 Å². The molecular weight excluding hydrogens is 257 g/mol. The number of phosphoric ester groups is 1. The lowest BCUT2D eigenvalue weighted by Gasteiger charge is -2.13. The minimum Gasteiger partial charge on any atom is -0.481 e. The minimum atomic E-state index is -4.83. The van der Waals surface area contributed by atoms with Crippen LogP contribution in [0.15, 0.2) is 0 Å². The van der Waals surface area contributed by atoms with E-state index in [0.717, 1.165) is 6.92 Å². The molecule has 98 valence electrons. The molecule has 0 rings (SSSR count). The van der Waals surface area contributed by atoms with E-state index in [4.69, 9.17) is 15.7 Å². The van der Waals surface area contributed by atoms with Gasteiger partial charge in [0.1, 0.15) is 6.04 Å². The van der Waals surface area contributed by atoms with Gasteiger partial charge in [0, 0.05) is 13.3 Å². The van der Waals surface area contributed by atoms with Crippen LogP contribution in [0, 0.1) is 0 Å². The van der Waals surface area contributed by atoms with Crippen molar-refractivity contribution in [3.05, 3.63) is 0 Å². The molecule has 0 aromatic carbocycles. The number of nitrogens with two attached hydrogens (primary N) is 1. The van der Waals surface area contributed by atoms with Crippen molar-refractivity contribution in [3.63, 3.8) is 0 Å². The van der Waals surface area contributed by atoms with Crippen molar-refractivity contribution in [3.8, 4) is 0 Å². The molecule has 2 atom stereocenters. The highest BCUT2D eigenvalue weighted by Gasteiger charge is 2.31. The SMILES string of the molecule is CC(=O)OP(=O)(O)OC(=O)C(N)CCC(=O)O. The quantitative estimate of drug-likeness (QED) is 0.535. The molecule has 0 radical (unpaired) electrons. The Hall–Kier alpha value is -1.44. The molecule has 0 amide bonds. The maximum atomic E-state index is 11.1. The molecule has 2 unspecified atom stereocenters. The zero-order valence-corrected chi connectivity index (χ0v) is 9.75. The van der Waals surface area contributed by atoms with E-state index in [1.54, 1.807) is 0 Å². The number of rotatable bonds is 6. The van der Waals surface area contributed by atoms with E-state index < -0.39 is 38.2 Å². The van der Waals surface area contributed by atoms with E-state index in [2.05, 4.69) is 9.05 Å². The smallest absolute Gasteiger partial charge is 0.481 e. The molecule has 10 heteroatoms. The highest BCUT2D eigenvalue weighted by Crippen LogP contribution is 2.43. The second-order valence-corrected chi connectivity index (χ2v) is 4.30. The first-order chi connectivity index (χ1) is 7.64. The van der Waals surface area contributed by atoms with Crippen molar-refractivity contribution >= 4 is 25.7 Å². The number of hydrogen-bond acceptors (Lipinski definition) is 7. The highest BCUT2D eigenvalue weighted by molar-refractivity contribution is 7.48. The van der Waals surface area contributed by atoms with Gasteiger partial charge in [-0.1, -0.05) is 0 Å². The Morgan fingerprint density at radius 2 is 1.88 bits per heavy atom. The van der Waals surface area contributed by atoms with E-state index in [0.29, 0.717) is 0 Å². The lowest BCUT2D eigenvalue weighted by molar-refractivity contribution is -0.140. The van der Waals surface area contributed by atoms with Gasteiger partial charge in [-0.15, -0.1) is 0 Å². The molecular formula is C7H12NO8P. The van der Waals surface area contributed by atoms with E-state index in [-0.39, 0.29) is 6.42 Å². The Bertz CT molecular complexity index is 367. The average molecular weight is 269 g/mol. The molecule has 0 aromatic heterocycles. The monoisotopic (exact) mass is 269 g/mol. The molecule has 0 saturated heterocycles. The van der Waals surface area contributed by atoms with Gasteiger partial charge in [0.25, 0.3) is 0 Å². The predicted octanol–water partition coefficient (Wildman–Crippen LogP) is -0.615. The third-order valence-corrected chi connectivity index (χ3v) is 2.32. The summed E-state index contributed by atoms with van der Waals surface area (Å²) in [6, 6.07) is -1.39. The number of carbonyl (C=O) groups is 3. The van der Waals surface area contributed by atoms with Gasteiger partial charge in [0.15, 0.2) is 0 Å². The van der Waals surface area contributed by atoms with Crippen molar-refractivity contribution in [1.82, 2.24) is 0 Å². The molecule has 0 fully saturated rings. The maximum Gasteiger partial charge on any atom is 0.589 e. The normalized spacial score (nSPS) is 15.5. The van der Waals surface area contributed by atoms with Crippen molar-refractivity contribution in [2.75, 3.05) is 0 Å². The van der Waals surface area contributed by atoms with E-state index >= 15 is 0 Å². The molecule has 9 nitrogen and oxygen atoms in total. The summed E-state index contributed by atoms with van der Waals surface area (Å²) in [7, 11) is -4.83. The van der Waals surface area contributed by atoms with E-state index in [1.807, 2.05) is 0 Å². The van der Waals surface area contributed by atoms with Crippen LogP contribution < -0.4 is 5.73 Å². The summed E-state index contributed by atoms with van der Waals surface area (Å²) < 4.78 is 18.8. The van der Waals surface area contributed by atoms with Crippen LogP contribution >= 0.6 is 7.82 Å². The van der Waals surface area contributed by atoms with E-state index in [9.17, 15) is 18.9 Å². The summed E-state index contributed by atoms with van der Waals surface area (Å²) in [5.74, 6) is -3.61. The number of carboxylic acids is 1. The Labute approximate surface area is 96.1 Å². The topological polar surface area (TPSA) is 153 Å². The third kappa shape index (κ3) is 7.45. The summed E-state index contributed by atoms with van der Waals surface area (Å²) in [6.07, 6.45) is -0.673. The molecule has 0 heterocycles. The van der Waals surface area contributed by atoms with Crippen LogP contribution in [0.5, 0.6) is 0 Å². The van der Waals surface area contributed by atoms with Gasteiger partial charge in [-0.3, -0.25) is 14.5 Å². The van der Waals surface area contributed by atoms with Crippen LogP contribution in [0.1, 0.15) is 19.8 Å². The summed E-state index contributed by atoms with van der Waals surface area (Å²) in [5, 5.41) is 8.31. The number of carboxylic acid groups (broad SMARTS) is 1. The molecule has 4 N–H and O–H groups in total. The first kappa shape index (κ1) is 15.6. The molecule has 0 aliphatic rings. The largest absolute Gasteiger partial charge is 0.589 e. The van der Waals surface area contributed by atoms with Crippen molar-refractivity contribution in [2.45, 2.75) is 25.8 Å². The van der Waals surface area contributed by atoms with Crippen LogP contribution in [0.2, 0.25) is 0 Å². The van der Waals surface area contributed by atoms with Gasteiger partial charge in [0.2, 0.25) is 0 Å². The Balaban J connectivity index is 4.28. The fraction of sp³-hybridized carbons (Fsp3) is 0.571. The molecule has 0 aliphatic carbocycles. The standard InChI is InChI=1S/C7H12NO8P/c1-4(9)15-17(13,14)16-7(12)5(8)2-3-6(10)11/h5H,2-3,8H2,1H3,(H,10,11)(H,13,14). The third-order valence-electron chi connectivity index (χ3n) is 1.42. The van der Waals surface area contributed by atoms with Crippen molar-refractivity contribution < 1.29 is 38.0 Å². The van der Waals surface area contributed by atoms with Crippen LogP contribution in [-0.2, 0) is 28.0 Å². The maximum absolute atomic E-state index is 11.1. The predicted molar refractivity (Wildman–Crippen MR) is 52.5 cm³/mol. The second kappa shape index (κ2) is 6.33. The summed E-state index contributed by atoms with van der Waals surface area (Å²) in [4.78, 5) is 40.5. The zero-order valence-electron chi connectivity index (χ0n) is 8.86. The number of hydrogen-bond donors (Lipinski definition) is 3. The first-order valence-electron chi connectivity index (χ1n) is 4.38. The highest BCUT2D eigenvalue weighted by atomic mass is 31.2. The second-order valence-electron chi connectivity index (χ2n) is 3.00.